The maximum atomic E-state index is 12.9. The number of nitro benzene ring substituents is 2. The zero-order chi connectivity index (χ0) is 103. The highest BCUT2D eigenvalue weighted by Crippen LogP contribution is 2.39. The highest BCUT2D eigenvalue weighted by atomic mass is 79.9. The van der Waals surface area contributed by atoms with E-state index in [4.69, 9.17) is 94.7 Å². The first kappa shape index (κ1) is 111. The number of rotatable bonds is 24. The predicted molar refractivity (Wildman–Crippen MR) is 570 cm³/mol. The largest absolute Gasteiger partial charge is 0.478 e. The number of halogens is 7. The van der Waals surface area contributed by atoms with Crippen LogP contribution in [-0.2, 0) is 45.0 Å². The van der Waals surface area contributed by atoms with Gasteiger partial charge in [0.1, 0.15) is 0 Å². The van der Waals surface area contributed by atoms with Gasteiger partial charge in [-0.3, -0.25) is 44.3 Å². The molecule has 1 aliphatic heterocycles. The van der Waals surface area contributed by atoms with E-state index in [9.17, 15) is 67.0 Å². The van der Waals surface area contributed by atoms with Gasteiger partial charge < -0.3 is 46.3 Å². The fraction of sp³-hybridized carbons (Fsp3) is 0.266. The van der Waals surface area contributed by atoms with E-state index in [0.29, 0.717) is 130 Å². The van der Waals surface area contributed by atoms with E-state index in [1.807, 2.05) is 97.1 Å². The summed E-state index contributed by atoms with van der Waals surface area (Å²) in [7, 11) is -2.90. The van der Waals surface area contributed by atoms with Crippen LogP contribution in [0.2, 0.25) is 30.1 Å². The lowest BCUT2D eigenvalue weighted by Crippen LogP contribution is -2.39. The summed E-state index contributed by atoms with van der Waals surface area (Å²) in [5.41, 5.74) is 20.4. The first-order valence-corrected chi connectivity index (χ1v) is 51.5. The quantitative estimate of drug-likeness (QED) is 0.0108. The number of carboxylic acid groups (broad SMARTS) is 1. The molecule has 1 heterocycles. The molecule has 3 aliphatic carbocycles. The van der Waals surface area contributed by atoms with Crippen molar-refractivity contribution in [3.63, 3.8) is 0 Å². The number of nitrogens with zero attached hydrogens (tertiary/aromatic N) is 3. The Bertz CT molecular complexity index is 6600. The second-order valence-corrected chi connectivity index (χ2v) is 39.6. The van der Waals surface area contributed by atoms with Crippen LogP contribution in [0.4, 0.5) is 39.8 Å². The molecule has 4 fully saturated rings. The van der Waals surface area contributed by atoms with Gasteiger partial charge in [0.2, 0.25) is 17.7 Å². The van der Waals surface area contributed by atoms with E-state index in [0.717, 1.165) is 133 Å². The first-order chi connectivity index (χ1) is 68.6. The molecule has 0 spiro atoms. The number of hydrogen-bond donors (Lipinski definition) is 6. The summed E-state index contributed by atoms with van der Waals surface area (Å²) in [5, 5.41) is 45.2. The molecule has 1 saturated heterocycles. The molecule has 746 valence electrons. The Labute approximate surface area is 868 Å². The average Bonchev–Trinajstić information content (AvgIpc) is 0.606. The van der Waals surface area contributed by atoms with Crippen LogP contribution in [0.25, 0.3) is 55.6 Å². The maximum absolute atomic E-state index is 12.9. The number of carbonyl (C=O) groups is 8. The molecular weight excluding hydrogens is 2030 g/mol. The Morgan fingerprint density at radius 3 is 1.00 bits per heavy atom. The van der Waals surface area contributed by atoms with Gasteiger partial charge in [0.25, 0.3) is 17.3 Å². The number of esters is 3. The number of nitrogens with two attached hydrogens (primary N) is 1. The van der Waals surface area contributed by atoms with Gasteiger partial charge in [-0.15, -0.1) is 0 Å². The first-order valence-electron chi connectivity index (χ1n) is 46.6. The summed E-state index contributed by atoms with van der Waals surface area (Å²) in [6.45, 7) is 8.06. The molecule has 0 aromatic heterocycles. The SMILES string of the molecule is CCOC(=O)c1ccc(-c2cc(N)ccc2Cl)cc1.CCOC(=O)c1ccc(-c2cc(NC(=O)C3CCCCC3)ccc2Cl)cc1.CCOC(=O)c1ccc(-c2cc([N+](=O)[O-])ccc2Cl)cc1.O=C(Nc1ccc(CN2CCS(=O)(=O)CC2)cc1)c1ccc(-c2cc(NC(=O)C3CCCCC3)ccc2Cl)cc1.O=C(O)c1ccc(-c2cc(NC(=O)C3CCCCC3)ccc2Cl)cc1.O=[N+]([O-])c1ccc(Cl)c(Br)c1. The Morgan fingerprint density at radius 1 is 0.378 bits per heavy atom. The van der Waals surface area contributed by atoms with Gasteiger partial charge in [-0.25, -0.2) is 27.6 Å². The summed E-state index contributed by atoms with van der Waals surface area (Å²) in [6, 6.07) is 72.2. The number of ether oxygens (including phenoxy) is 3. The minimum Gasteiger partial charge on any atom is -0.478 e. The van der Waals surface area contributed by atoms with E-state index < -0.39 is 31.6 Å². The average molecular weight is 2140 g/mol. The second-order valence-electron chi connectivity index (χ2n) is 34.0. The van der Waals surface area contributed by atoms with E-state index in [1.165, 1.54) is 55.7 Å². The molecule has 7 N–H and O–H groups in total. The number of hydrogen-bond acceptors (Lipinski definition) is 19. The Hall–Kier alpha value is -12.9. The van der Waals surface area contributed by atoms with Gasteiger partial charge in [-0.05, 0) is 266 Å². The molecule has 12 aromatic rings. The third kappa shape index (κ3) is 33.4. The number of anilines is 5. The minimum absolute atomic E-state index is 0.0290. The number of nitro groups is 2. The third-order valence-corrected chi connectivity index (χ3v) is 28.4. The molecule has 143 heavy (non-hydrogen) atoms. The predicted octanol–water partition coefficient (Wildman–Crippen LogP) is 27.8. The van der Waals surface area contributed by atoms with Crippen LogP contribution in [0.3, 0.4) is 0 Å². The van der Waals surface area contributed by atoms with Gasteiger partial charge in [-0.1, -0.05) is 200 Å². The van der Waals surface area contributed by atoms with Crippen molar-refractivity contribution in [2.24, 2.45) is 17.8 Å². The van der Waals surface area contributed by atoms with Crippen molar-refractivity contribution < 1.29 is 75.9 Å². The van der Waals surface area contributed by atoms with Crippen molar-refractivity contribution in [2.45, 2.75) is 124 Å². The molecule has 4 aliphatic rings. The Balaban J connectivity index is 0.000000170. The number of nitrogens with one attached hydrogen (secondary N) is 4. The summed E-state index contributed by atoms with van der Waals surface area (Å²) in [6.07, 6.45) is 16.0. The zero-order valence-electron chi connectivity index (χ0n) is 78.6. The number of benzene rings is 12. The van der Waals surface area contributed by atoms with Crippen LogP contribution in [-0.4, -0.2) is 120 Å². The smallest absolute Gasteiger partial charge is 0.338 e. The van der Waals surface area contributed by atoms with Crippen LogP contribution in [0, 0.1) is 38.0 Å². The summed E-state index contributed by atoms with van der Waals surface area (Å²) >= 11 is 40.0. The third-order valence-electron chi connectivity index (χ3n) is 24.0. The molecule has 34 heteroatoms. The monoisotopic (exact) mass is 2140 g/mol. The number of carboxylic acids is 1. The normalized spacial score (nSPS) is 13.9. The standard InChI is InChI=1S/C31H34ClN3O4S.C22H24ClNO3.C20H20ClNO3.C15H12ClNO4.C15H14ClNO2.C6H3BrClNO2/c32-29-15-14-27(34-30(36)24-4-2-1-3-5-24)20-28(29)23-8-10-25(11-9-23)31(37)33-26-12-6-22(7-13-26)21-35-16-18-40(38,39)19-17-35;1-2-27-22(26)17-10-8-15(9-11-17)19-14-18(12-13-20(19)23)24-21(25)16-6-4-3-5-7-16;21-18-11-10-16(22-19(23)14-4-2-1-3-5-14)12-17(18)13-6-8-15(9-7-13)20(24)25;1-2-21-15(18)11-5-3-10(4-6-11)13-9-12(17(19)20)7-8-14(13)16;1-2-19-15(18)11-5-3-10(4-6-11)13-9-12(17)7-8-14(13)16;7-5-3-4(9(10)11)1-2-6(5)8/h6-15,20,24H,1-5,16-19,21H2,(H,33,37)(H,34,36);8-14,16H,2-7H2,1H3,(H,24,25);6-12,14H,1-5H2,(H,22,23)(H,24,25);3-9H,2H2,1H3;3-9H,2,17H2,1H3;1-3H. The summed E-state index contributed by atoms with van der Waals surface area (Å²) in [4.78, 5) is 119. The number of nitrogen functional groups attached to an aromatic ring is 1. The van der Waals surface area contributed by atoms with Gasteiger partial charge in [-0.2, -0.15) is 0 Å². The van der Waals surface area contributed by atoms with Gasteiger partial charge in [0.05, 0.1) is 68.4 Å². The van der Waals surface area contributed by atoms with Gasteiger partial charge >= 0.3 is 23.9 Å². The van der Waals surface area contributed by atoms with Crippen molar-refractivity contribution in [2.75, 3.05) is 71.4 Å². The number of sulfone groups is 1. The number of non-ortho nitro benzene ring substituents is 2. The lowest BCUT2D eigenvalue weighted by molar-refractivity contribution is -0.385. The molecule has 0 atom stereocenters. The van der Waals surface area contributed by atoms with Gasteiger partial charge in [0.15, 0.2) is 9.84 Å². The van der Waals surface area contributed by atoms with E-state index in [2.05, 4.69) is 42.1 Å². The molecule has 0 bridgehead atoms. The van der Waals surface area contributed by atoms with E-state index in [-0.39, 0.29) is 81.8 Å². The molecule has 3 saturated carbocycles. The molecule has 0 radical (unpaired) electrons. The highest BCUT2D eigenvalue weighted by Gasteiger charge is 2.28. The molecule has 26 nitrogen and oxygen atoms in total. The number of carbonyl (C=O) groups excluding carboxylic acids is 7. The van der Waals surface area contributed by atoms with Crippen molar-refractivity contribution >= 4 is 183 Å². The lowest BCUT2D eigenvalue weighted by Gasteiger charge is -2.26. The van der Waals surface area contributed by atoms with Crippen molar-refractivity contribution in [3.8, 4) is 55.6 Å². The molecule has 16 rings (SSSR count). The van der Waals surface area contributed by atoms with Crippen molar-refractivity contribution in [1.82, 2.24) is 4.90 Å². The maximum Gasteiger partial charge on any atom is 0.338 e. The van der Waals surface area contributed by atoms with Crippen molar-refractivity contribution in [3.05, 3.63) is 343 Å². The van der Waals surface area contributed by atoms with Crippen LogP contribution in [0.1, 0.15) is 174 Å². The number of aromatic carboxylic acids is 1. The van der Waals surface area contributed by atoms with Crippen LogP contribution in [0.15, 0.2) is 259 Å². The van der Waals surface area contributed by atoms with Crippen molar-refractivity contribution in [1.29, 1.82) is 0 Å². The summed E-state index contributed by atoms with van der Waals surface area (Å²) < 4.78 is 38.6. The highest BCUT2D eigenvalue weighted by molar-refractivity contribution is 9.10. The Morgan fingerprint density at radius 2 is 0.671 bits per heavy atom. The summed E-state index contributed by atoms with van der Waals surface area (Å²) in [5.74, 6) is -1.40. The van der Waals surface area contributed by atoms with Gasteiger partial charge in [0, 0.05) is 153 Å². The number of amides is 4. The van der Waals surface area contributed by atoms with E-state index in [1.54, 1.807) is 142 Å². The fourth-order valence-corrected chi connectivity index (χ4v) is 19.1. The molecular formula is C109H107BrCl6N8O18S. The zero-order valence-corrected chi connectivity index (χ0v) is 85.5. The van der Waals surface area contributed by atoms with Crippen LogP contribution >= 0.6 is 85.5 Å². The van der Waals surface area contributed by atoms with Crippen LogP contribution in [0.5, 0.6) is 0 Å². The Kier molecular flexibility index (Phi) is 42.2. The second kappa shape index (κ2) is 54.6. The molecule has 4 amide bonds. The molecule has 0 unspecified atom stereocenters. The minimum atomic E-state index is -2.90. The lowest BCUT2D eigenvalue weighted by atomic mass is 9.88. The fourth-order valence-electron chi connectivity index (χ4n) is 16.2. The topological polar surface area (TPSA) is 382 Å². The van der Waals surface area contributed by atoms with E-state index >= 15 is 0 Å². The molecule has 12 aromatic carbocycles. The van der Waals surface area contributed by atoms with Crippen LogP contribution < -0.4 is 27.0 Å².